The van der Waals surface area contributed by atoms with Crippen LogP contribution in [0.2, 0.25) is 0 Å². The first-order valence-electron chi connectivity index (χ1n) is 6.63. The quantitative estimate of drug-likeness (QED) is 0.867. The maximum absolute atomic E-state index is 12.0. The molecule has 0 aliphatic carbocycles. The fourth-order valence-electron chi connectivity index (χ4n) is 2.10. The highest BCUT2D eigenvalue weighted by atomic mass is 16.5. The summed E-state index contributed by atoms with van der Waals surface area (Å²) in [7, 11) is 1.82. The monoisotopic (exact) mass is 263 g/mol. The van der Waals surface area contributed by atoms with E-state index in [1.165, 1.54) is 0 Å². The Labute approximate surface area is 113 Å². The highest BCUT2D eigenvalue weighted by molar-refractivity contribution is 5.92. The number of anilines is 1. The summed E-state index contributed by atoms with van der Waals surface area (Å²) in [5.41, 5.74) is 1.49. The Hall–Kier alpha value is -1.62. The predicted octanol–water partition coefficient (Wildman–Crippen LogP) is 1.67. The second-order valence-corrected chi connectivity index (χ2v) is 5.29. The Balaban J connectivity index is 1.89. The number of nitrogens with zero attached hydrogens (tertiary/aromatic N) is 1. The van der Waals surface area contributed by atoms with Gasteiger partial charge >= 0.3 is 0 Å². The smallest absolute Gasteiger partial charge is 0.269 e. The standard InChI is InChI=1S/C14H21N3O2/c1-14(5-7-19-8-6-14)10-17-13(18)12-4-3-11(15-2)9-16-12/h3-4,9,15H,5-8,10H2,1-2H3,(H,17,18). The number of nitrogens with one attached hydrogen (secondary N) is 2. The maximum Gasteiger partial charge on any atom is 0.269 e. The Kier molecular flexibility index (Phi) is 4.37. The lowest BCUT2D eigenvalue weighted by molar-refractivity contribution is 0.0238. The normalized spacial score (nSPS) is 17.8. The number of carbonyl (C=O) groups excluding carboxylic acids is 1. The molecule has 5 heteroatoms. The van der Waals surface area contributed by atoms with E-state index in [2.05, 4.69) is 22.5 Å². The molecule has 1 aliphatic rings. The van der Waals surface area contributed by atoms with Crippen LogP contribution in [0.5, 0.6) is 0 Å². The van der Waals surface area contributed by atoms with Crippen molar-refractivity contribution in [3.63, 3.8) is 0 Å². The van der Waals surface area contributed by atoms with Crippen LogP contribution >= 0.6 is 0 Å². The number of ether oxygens (including phenoxy) is 1. The van der Waals surface area contributed by atoms with Crippen LogP contribution in [0.4, 0.5) is 5.69 Å². The molecular weight excluding hydrogens is 242 g/mol. The van der Waals surface area contributed by atoms with Crippen molar-refractivity contribution >= 4 is 11.6 Å². The summed E-state index contributed by atoms with van der Waals surface area (Å²) < 4.78 is 5.35. The molecule has 5 nitrogen and oxygen atoms in total. The summed E-state index contributed by atoms with van der Waals surface area (Å²) in [5, 5.41) is 5.94. The highest BCUT2D eigenvalue weighted by Crippen LogP contribution is 2.28. The Morgan fingerprint density at radius 2 is 2.16 bits per heavy atom. The molecule has 0 saturated carbocycles. The lowest BCUT2D eigenvalue weighted by Gasteiger charge is -2.33. The van der Waals surface area contributed by atoms with Gasteiger partial charge in [-0.2, -0.15) is 0 Å². The van der Waals surface area contributed by atoms with Gasteiger partial charge in [0.05, 0.1) is 11.9 Å². The average Bonchev–Trinajstić information content (AvgIpc) is 2.46. The molecule has 1 amide bonds. The van der Waals surface area contributed by atoms with E-state index in [1.807, 2.05) is 13.1 Å². The van der Waals surface area contributed by atoms with Crippen molar-refractivity contribution < 1.29 is 9.53 Å². The van der Waals surface area contributed by atoms with E-state index in [0.29, 0.717) is 12.2 Å². The van der Waals surface area contributed by atoms with Crippen molar-refractivity contribution in [2.75, 3.05) is 32.1 Å². The summed E-state index contributed by atoms with van der Waals surface area (Å²) in [5.74, 6) is -0.115. The molecule has 2 N–H and O–H groups in total. The molecule has 0 aromatic carbocycles. The summed E-state index contributed by atoms with van der Waals surface area (Å²) in [4.78, 5) is 16.1. The number of hydrogen-bond donors (Lipinski definition) is 2. The summed E-state index contributed by atoms with van der Waals surface area (Å²) in [6, 6.07) is 3.57. The molecule has 2 rings (SSSR count). The molecule has 0 bridgehead atoms. The zero-order valence-corrected chi connectivity index (χ0v) is 11.5. The number of rotatable bonds is 4. The van der Waals surface area contributed by atoms with Crippen molar-refractivity contribution in [2.45, 2.75) is 19.8 Å². The Bertz CT molecular complexity index is 425. The first kappa shape index (κ1) is 13.8. The number of carbonyl (C=O) groups is 1. The van der Waals surface area contributed by atoms with E-state index in [9.17, 15) is 4.79 Å². The SMILES string of the molecule is CNc1ccc(C(=O)NCC2(C)CCOCC2)nc1. The van der Waals surface area contributed by atoms with Gasteiger partial charge in [-0.05, 0) is 30.4 Å². The van der Waals surface area contributed by atoms with E-state index in [1.54, 1.807) is 12.3 Å². The molecule has 1 saturated heterocycles. The van der Waals surface area contributed by atoms with Gasteiger partial charge in [-0.1, -0.05) is 6.92 Å². The zero-order chi connectivity index (χ0) is 13.7. The topological polar surface area (TPSA) is 63.2 Å². The van der Waals surface area contributed by atoms with Crippen molar-refractivity contribution in [1.82, 2.24) is 10.3 Å². The van der Waals surface area contributed by atoms with E-state index in [-0.39, 0.29) is 11.3 Å². The molecule has 1 aromatic rings. The van der Waals surface area contributed by atoms with Crippen LogP contribution in [-0.4, -0.2) is 37.7 Å². The third-order valence-corrected chi connectivity index (χ3v) is 3.66. The van der Waals surface area contributed by atoms with Crippen LogP contribution in [0.3, 0.4) is 0 Å². The van der Waals surface area contributed by atoms with Gasteiger partial charge in [0, 0.05) is 26.8 Å². The molecule has 19 heavy (non-hydrogen) atoms. The first-order valence-corrected chi connectivity index (χ1v) is 6.63. The van der Waals surface area contributed by atoms with Gasteiger partial charge in [-0.3, -0.25) is 4.79 Å². The van der Waals surface area contributed by atoms with Crippen molar-refractivity contribution in [1.29, 1.82) is 0 Å². The summed E-state index contributed by atoms with van der Waals surface area (Å²) in [6.45, 7) is 4.42. The van der Waals surface area contributed by atoms with Crippen LogP contribution in [0, 0.1) is 5.41 Å². The van der Waals surface area contributed by atoms with Crippen LogP contribution in [-0.2, 0) is 4.74 Å². The maximum atomic E-state index is 12.0. The second kappa shape index (κ2) is 6.02. The molecule has 0 atom stereocenters. The van der Waals surface area contributed by atoms with E-state index in [0.717, 1.165) is 31.7 Å². The van der Waals surface area contributed by atoms with Crippen LogP contribution in [0.15, 0.2) is 18.3 Å². The molecule has 1 aliphatic heterocycles. The number of aromatic nitrogens is 1. The third-order valence-electron chi connectivity index (χ3n) is 3.66. The van der Waals surface area contributed by atoms with Gasteiger partial charge in [-0.15, -0.1) is 0 Å². The number of hydrogen-bond acceptors (Lipinski definition) is 4. The molecular formula is C14H21N3O2. The second-order valence-electron chi connectivity index (χ2n) is 5.29. The molecule has 0 spiro atoms. The molecule has 1 aromatic heterocycles. The fourth-order valence-corrected chi connectivity index (χ4v) is 2.10. The van der Waals surface area contributed by atoms with Gasteiger partial charge in [0.2, 0.25) is 0 Å². The molecule has 0 radical (unpaired) electrons. The highest BCUT2D eigenvalue weighted by Gasteiger charge is 2.27. The Morgan fingerprint density at radius 3 is 2.74 bits per heavy atom. The van der Waals surface area contributed by atoms with Gasteiger partial charge in [0.25, 0.3) is 5.91 Å². The predicted molar refractivity (Wildman–Crippen MR) is 74.3 cm³/mol. The first-order chi connectivity index (χ1) is 9.13. The third kappa shape index (κ3) is 3.67. The minimum Gasteiger partial charge on any atom is -0.387 e. The van der Waals surface area contributed by atoms with Gasteiger partial charge in [0.1, 0.15) is 5.69 Å². The van der Waals surface area contributed by atoms with E-state index in [4.69, 9.17) is 4.74 Å². The van der Waals surface area contributed by atoms with Crippen LogP contribution in [0.1, 0.15) is 30.3 Å². The molecule has 104 valence electrons. The Morgan fingerprint density at radius 1 is 1.42 bits per heavy atom. The van der Waals surface area contributed by atoms with Gasteiger partial charge < -0.3 is 15.4 Å². The van der Waals surface area contributed by atoms with Crippen LogP contribution in [0.25, 0.3) is 0 Å². The zero-order valence-electron chi connectivity index (χ0n) is 11.5. The van der Waals surface area contributed by atoms with Crippen molar-refractivity contribution in [3.8, 4) is 0 Å². The minimum atomic E-state index is -0.115. The molecule has 0 unspecified atom stereocenters. The van der Waals surface area contributed by atoms with Crippen LogP contribution < -0.4 is 10.6 Å². The lowest BCUT2D eigenvalue weighted by Crippen LogP contribution is -2.39. The van der Waals surface area contributed by atoms with Crippen molar-refractivity contribution in [3.05, 3.63) is 24.0 Å². The summed E-state index contributed by atoms with van der Waals surface area (Å²) >= 11 is 0. The van der Waals surface area contributed by atoms with Crippen molar-refractivity contribution in [2.24, 2.45) is 5.41 Å². The van der Waals surface area contributed by atoms with E-state index < -0.39 is 0 Å². The lowest BCUT2D eigenvalue weighted by atomic mass is 9.82. The number of pyridine rings is 1. The molecule has 1 fully saturated rings. The van der Waals surface area contributed by atoms with Gasteiger partial charge in [0.15, 0.2) is 0 Å². The van der Waals surface area contributed by atoms with Gasteiger partial charge in [-0.25, -0.2) is 4.98 Å². The number of amides is 1. The molecule has 2 heterocycles. The van der Waals surface area contributed by atoms with E-state index >= 15 is 0 Å². The fraction of sp³-hybridized carbons (Fsp3) is 0.571. The average molecular weight is 263 g/mol. The summed E-state index contributed by atoms with van der Waals surface area (Å²) in [6.07, 6.45) is 3.63. The minimum absolute atomic E-state index is 0.115. The largest absolute Gasteiger partial charge is 0.387 e.